The van der Waals surface area contributed by atoms with Gasteiger partial charge in [-0.25, -0.2) is 19.0 Å². The van der Waals surface area contributed by atoms with Crippen molar-refractivity contribution in [1.82, 2.24) is 14.9 Å². The predicted molar refractivity (Wildman–Crippen MR) is 146 cm³/mol. The lowest BCUT2D eigenvalue weighted by Gasteiger charge is -2.20. The number of likely N-dealkylation sites (tertiary alicyclic amines) is 1. The molecule has 200 valence electrons. The topological polar surface area (TPSA) is 113 Å². The van der Waals surface area contributed by atoms with Crippen molar-refractivity contribution in [2.45, 2.75) is 18.9 Å². The van der Waals surface area contributed by atoms with E-state index >= 15 is 0 Å². The van der Waals surface area contributed by atoms with Crippen LogP contribution in [0.3, 0.4) is 0 Å². The number of thiazole rings is 1. The molecule has 3 heterocycles. The van der Waals surface area contributed by atoms with Crippen LogP contribution in [0.1, 0.15) is 12.8 Å². The van der Waals surface area contributed by atoms with Gasteiger partial charge in [-0.3, -0.25) is 10.3 Å². The van der Waals surface area contributed by atoms with Gasteiger partial charge in [0.15, 0.2) is 5.13 Å². The number of amides is 2. The number of hydrogen-bond donors (Lipinski definition) is 3. The standard InChI is InChI=1S/C27H25FN6O4S/c1-29-23-13-19-22(14-25(23)37-16-17(35)15-34-9-2-3-10-34)30-7-6-24(19)38-18-4-5-21(20(28)12-18)32-26(36)33-27-31-8-11-39-27/h4-8,11-14,17,35H,2-3,9-10,15-16H2,(H2,31,32,33,36). The molecule has 2 aromatic heterocycles. The van der Waals surface area contributed by atoms with Crippen molar-refractivity contribution >= 4 is 44.8 Å². The fraction of sp³-hybridized carbons (Fsp3) is 0.259. The molecular formula is C27H25FN6O4S. The van der Waals surface area contributed by atoms with Gasteiger partial charge >= 0.3 is 6.03 Å². The number of urea groups is 1. The Labute approximate surface area is 227 Å². The normalized spacial score (nSPS) is 14.1. The van der Waals surface area contributed by atoms with Crippen molar-refractivity contribution in [3.63, 3.8) is 0 Å². The second-order valence-corrected chi connectivity index (χ2v) is 9.79. The molecule has 0 radical (unpaired) electrons. The van der Waals surface area contributed by atoms with Gasteiger partial charge in [-0.2, -0.15) is 0 Å². The third kappa shape index (κ3) is 6.58. The third-order valence-corrected chi connectivity index (χ3v) is 6.76. The number of halogens is 1. The Hall–Kier alpha value is -4.31. The van der Waals surface area contributed by atoms with E-state index in [1.165, 1.54) is 29.7 Å². The van der Waals surface area contributed by atoms with Crippen LogP contribution < -0.4 is 20.1 Å². The monoisotopic (exact) mass is 548 g/mol. The number of hydrogen-bond acceptors (Lipinski definition) is 8. The van der Waals surface area contributed by atoms with E-state index in [0.717, 1.165) is 32.0 Å². The van der Waals surface area contributed by atoms with E-state index < -0.39 is 18.0 Å². The number of nitrogens with one attached hydrogen (secondary N) is 2. The Morgan fingerprint density at radius 3 is 2.74 bits per heavy atom. The van der Waals surface area contributed by atoms with E-state index in [1.807, 2.05) is 0 Å². The van der Waals surface area contributed by atoms with Crippen LogP contribution in [0.25, 0.3) is 15.7 Å². The number of aromatic nitrogens is 2. The van der Waals surface area contributed by atoms with Crippen LogP contribution in [0.4, 0.5) is 25.7 Å². The van der Waals surface area contributed by atoms with E-state index in [0.29, 0.717) is 34.1 Å². The highest BCUT2D eigenvalue weighted by Crippen LogP contribution is 2.38. The highest BCUT2D eigenvalue weighted by molar-refractivity contribution is 7.13. The SMILES string of the molecule is [C-]#[N+]c1cc2c(Oc3ccc(NC(=O)Nc4nccs4)c(F)c3)ccnc2cc1OCC(O)CN1CCCC1. The minimum atomic E-state index is -0.690. The number of aliphatic hydroxyl groups excluding tert-OH is 1. The summed E-state index contributed by atoms with van der Waals surface area (Å²) in [5.41, 5.74) is 0.729. The molecule has 1 fully saturated rings. The molecule has 2 aromatic carbocycles. The van der Waals surface area contributed by atoms with Gasteiger partial charge in [0.25, 0.3) is 0 Å². The summed E-state index contributed by atoms with van der Waals surface area (Å²) >= 11 is 1.24. The molecular weight excluding hydrogens is 523 g/mol. The molecule has 1 saturated heterocycles. The van der Waals surface area contributed by atoms with Crippen LogP contribution in [0.15, 0.2) is 54.2 Å². The molecule has 5 rings (SSSR count). The van der Waals surface area contributed by atoms with E-state index in [9.17, 15) is 14.3 Å². The molecule has 0 bridgehead atoms. The molecule has 1 aliphatic rings. The largest absolute Gasteiger partial charge is 0.502 e. The van der Waals surface area contributed by atoms with Crippen LogP contribution in [-0.4, -0.2) is 58.4 Å². The summed E-state index contributed by atoms with van der Waals surface area (Å²) in [5.74, 6) is 0.193. The average molecular weight is 549 g/mol. The second kappa shape index (κ2) is 12.0. The highest BCUT2D eigenvalue weighted by Gasteiger charge is 2.18. The number of anilines is 2. The van der Waals surface area contributed by atoms with E-state index in [2.05, 4.69) is 30.3 Å². The molecule has 4 aromatic rings. The zero-order valence-electron chi connectivity index (χ0n) is 20.8. The molecule has 2 amide bonds. The molecule has 39 heavy (non-hydrogen) atoms. The molecule has 1 unspecified atom stereocenters. The number of β-amino-alcohol motifs (C(OH)–C–C–N with tert-alkyl or cyclic N) is 1. The number of aliphatic hydroxyl groups is 1. The maximum atomic E-state index is 14.7. The van der Waals surface area contributed by atoms with Crippen LogP contribution in [0, 0.1) is 12.4 Å². The first-order chi connectivity index (χ1) is 19.0. The van der Waals surface area contributed by atoms with Gasteiger partial charge in [0.05, 0.1) is 17.8 Å². The summed E-state index contributed by atoms with van der Waals surface area (Å²) in [6, 6.07) is 8.28. The quantitative estimate of drug-likeness (QED) is 0.232. The van der Waals surface area contributed by atoms with Crippen molar-refractivity contribution in [3.8, 4) is 17.2 Å². The van der Waals surface area contributed by atoms with Gasteiger partial charge in [0, 0.05) is 35.8 Å². The Bertz CT molecular complexity index is 1500. The third-order valence-electron chi connectivity index (χ3n) is 6.07. The molecule has 0 aliphatic carbocycles. The number of nitrogens with zero attached hydrogens (tertiary/aromatic N) is 4. The van der Waals surface area contributed by atoms with Crippen molar-refractivity contribution in [2.24, 2.45) is 0 Å². The fourth-order valence-corrected chi connectivity index (χ4v) is 4.78. The molecule has 10 nitrogen and oxygen atoms in total. The van der Waals surface area contributed by atoms with Crippen molar-refractivity contribution in [3.05, 3.63) is 71.4 Å². The minimum absolute atomic E-state index is 0.0278. The first kappa shape index (κ1) is 26.3. The Kier molecular flexibility index (Phi) is 8.12. The highest BCUT2D eigenvalue weighted by atomic mass is 32.1. The van der Waals surface area contributed by atoms with Gasteiger partial charge in [-0.1, -0.05) is 0 Å². The summed E-state index contributed by atoms with van der Waals surface area (Å²) < 4.78 is 26.4. The van der Waals surface area contributed by atoms with E-state index in [1.54, 1.807) is 29.8 Å². The van der Waals surface area contributed by atoms with Gasteiger partial charge < -0.3 is 24.8 Å². The molecule has 12 heteroatoms. The number of benzene rings is 2. The number of carbonyl (C=O) groups excluding carboxylic acids is 1. The average Bonchev–Trinajstić information content (AvgIpc) is 3.63. The Morgan fingerprint density at radius 2 is 2.00 bits per heavy atom. The van der Waals surface area contributed by atoms with Gasteiger partial charge in [-0.05, 0) is 56.3 Å². The van der Waals surface area contributed by atoms with Crippen LogP contribution in [0.2, 0.25) is 0 Å². The number of pyridine rings is 1. The zero-order valence-corrected chi connectivity index (χ0v) is 21.6. The summed E-state index contributed by atoms with van der Waals surface area (Å²) in [6.07, 6.45) is 4.68. The molecule has 1 atom stereocenters. The molecule has 0 spiro atoms. The smallest absolute Gasteiger partial charge is 0.325 e. The van der Waals surface area contributed by atoms with Gasteiger partial charge in [0.2, 0.25) is 5.69 Å². The summed E-state index contributed by atoms with van der Waals surface area (Å²) in [7, 11) is 0. The second-order valence-electron chi connectivity index (χ2n) is 8.89. The first-order valence-corrected chi connectivity index (χ1v) is 13.1. The van der Waals surface area contributed by atoms with Crippen LogP contribution >= 0.6 is 11.3 Å². The van der Waals surface area contributed by atoms with E-state index in [4.69, 9.17) is 16.0 Å². The maximum Gasteiger partial charge on any atom is 0.325 e. The minimum Gasteiger partial charge on any atom is -0.502 e. The number of ether oxygens (including phenoxy) is 2. The molecule has 3 N–H and O–H groups in total. The lowest BCUT2D eigenvalue weighted by Crippen LogP contribution is -2.33. The van der Waals surface area contributed by atoms with Gasteiger partial charge in [-0.15, -0.1) is 11.3 Å². The van der Waals surface area contributed by atoms with Crippen LogP contribution in [-0.2, 0) is 0 Å². The number of rotatable bonds is 9. The van der Waals surface area contributed by atoms with Crippen LogP contribution in [0.5, 0.6) is 17.2 Å². The van der Waals surface area contributed by atoms with Gasteiger partial charge in [0.1, 0.15) is 35.8 Å². The molecule has 1 aliphatic heterocycles. The number of carbonyl (C=O) groups is 1. The lowest BCUT2D eigenvalue weighted by atomic mass is 10.1. The Balaban J connectivity index is 1.28. The first-order valence-electron chi connectivity index (χ1n) is 12.3. The molecule has 0 saturated carbocycles. The summed E-state index contributed by atoms with van der Waals surface area (Å²) in [5, 5.41) is 18.0. The number of fused-ring (bicyclic) bond motifs is 1. The van der Waals surface area contributed by atoms with Crippen molar-refractivity contribution < 1.29 is 23.8 Å². The maximum absolute atomic E-state index is 14.7. The summed E-state index contributed by atoms with van der Waals surface area (Å²) in [6.45, 7) is 10.1. The zero-order chi connectivity index (χ0) is 27.2. The lowest BCUT2D eigenvalue weighted by molar-refractivity contribution is 0.0762. The fourth-order valence-electron chi connectivity index (χ4n) is 4.25. The summed E-state index contributed by atoms with van der Waals surface area (Å²) in [4.78, 5) is 26.2. The van der Waals surface area contributed by atoms with E-state index in [-0.39, 0.29) is 23.7 Å². The van der Waals surface area contributed by atoms with Crippen molar-refractivity contribution in [1.29, 1.82) is 0 Å². The van der Waals surface area contributed by atoms with Crippen molar-refractivity contribution in [2.75, 3.05) is 36.9 Å². The predicted octanol–water partition coefficient (Wildman–Crippen LogP) is 5.65. The Morgan fingerprint density at radius 1 is 1.15 bits per heavy atom.